The molecule has 1 N–H and O–H groups in total. The van der Waals surface area contributed by atoms with Gasteiger partial charge in [-0.05, 0) is 37.3 Å². The highest BCUT2D eigenvalue weighted by atomic mass is 32.2. The molecule has 1 heterocycles. The summed E-state index contributed by atoms with van der Waals surface area (Å²) in [5.41, 5.74) is 0.662. The smallest absolute Gasteiger partial charge is 0.252 e. The van der Waals surface area contributed by atoms with Gasteiger partial charge in [-0.1, -0.05) is 26.0 Å². The highest BCUT2D eigenvalue weighted by molar-refractivity contribution is 8.00. The standard InChI is InChI=1S/C18H26N2O2S/c1-14(2)9-10-19-18(22)15-7-3-4-8-16(15)23-13-17(21)20-11-5-6-12-20/h3-4,7-8,14H,5-6,9-13H2,1-2H3,(H,19,22). The molecule has 1 aliphatic heterocycles. The molecule has 0 bridgehead atoms. The molecule has 0 saturated carbocycles. The van der Waals surface area contributed by atoms with E-state index in [1.54, 1.807) is 0 Å². The van der Waals surface area contributed by atoms with Gasteiger partial charge in [0, 0.05) is 24.5 Å². The van der Waals surface area contributed by atoms with Gasteiger partial charge in [0.2, 0.25) is 5.91 Å². The number of nitrogens with zero attached hydrogens (tertiary/aromatic N) is 1. The van der Waals surface area contributed by atoms with Crippen molar-refractivity contribution in [3.8, 4) is 0 Å². The molecule has 2 amide bonds. The van der Waals surface area contributed by atoms with Gasteiger partial charge < -0.3 is 10.2 Å². The Bertz CT molecular complexity index is 540. The molecule has 0 aliphatic carbocycles. The molecular formula is C18H26N2O2S. The summed E-state index contributed by atoms with van der Waals surface area (Å²) >= 11 is 1.46. The van der Waals surface area contributed by atoms with Crippen LogP contribution in [0.1, 0.15) is 43.5 Å². The van der Waals surface area contributed by atoms with Crippen LogP contribution < -0.4 is 5.32 Å². The highest BCUT2D eigenvalue weighted by Gasteiger charge is 2.19. The quantitative estimate of drug-likeness (QED) is 0.779. The van der Waals surface area contributed by atoms with E-state index in [9.17, 15) is 9.59 Å². The van der Waals surface area contributed by atoms with E-state index >= 15 is 0 Å². The van der Waals surface area contributed by atoms with Gasteiger partial charge in [0.25, 0.3) is 5.91 Å². The molecule has 1 saturated heterocycles. The van der Waals surface area contributed by atoms with Crippen LogP contribution in [0.3, 0.4) is 0 Å². The average molecular weight is 334 g/mol. The number of thioether (sulfide) groups is 1. The maximum absolute atomic E-state index is 12.3. The number of hydrogen-bond acceptors (Lipinski definition) is 3. The van der Waals surface area contributed by atoms with Gasteiger partial charge in [-0.2, -0.15) is 0 Å². The fraction of sp³-hybridized carbons (Fsp3) is 0.556. The minimum atomic E-state index is -0.0534. The zero-order valence-electron chi connectivity index (χ0n) is 14.0. The topological polar surface area (TPSA) is 49.4 Å². The maximum Gasteiger partial charge on any atom is 0.252 e. The van der Waals surface area contributed by atoms with Crippen LogP contribution in [-0.2, 0) is 4.79 Å². The van der Waals surface area contributed by atoms with Gasteiger partial charge in [-0.25, -0.2) is 0 Å². The molecule has 0 atom stereocenters. The van der Waals surface area contributed by atoms with Crippen molar-refractivity contribution in [2.45, 2.75) is 38.0 Å². The third-order valence-electron chi connectivity index (χ3n) is 3.95. The van der Waals surface area contributed by atoms with Gasteiger partial charge in [0.1, 0.15) is 0 Å². The fourth-order valence-corrected chi connectivity index (χ4v) is 3.50. The van der Waals surface area contributed by atoms with E-state index < -0.39 is 0 Å². The van der Waals surface area contributed by atoms with E-state index in [1.165, 1.54) is 11.8 Å². The Morgan fingerprint density at radius 1 is 1.22 bits per heavy atom. The summed E-state index contributed by atoms with van der Waals surface area (Å²) in [4.78, 5) is 27.3. The largest absolute Gasteiger partial charge is 0.352 e. The zero-order valence-corrected chi connectivity index (χ0v) is 14.8. The van der Waals surface area contributed by atoms with Crippen molar-refractivity contribution in [1.29, 1.82) is 0 Å². The minimum absolute atomic E-state index is 0.0534. The van der Waals surface area contributed by atoms with E-state index in [0.717, 1.165) is 37.2 Å². The highest BCUT2D eigenvalue weighted by Crippen LogP contribution is 2.23. The second kappa shape index (κ2) is 8.96. The summed E-state index contributed by atoms with van der Waals surface area (Å²) in [5, 5.41) is 2.97. The number of rotatable bonds is 7. The lowest BCUT2D eigenvalue weighted by Crippen LogP contribution is -2.29. The van der Waals surface area contributed by atoms with Crippen LogP contribution in [0.4, 0.5) is 0 Å². The van der Waals surface area contributed by atoms with E-state index in [-0.39, 0.29) is 11.8 Å². The van der Waals surface area contributed by atoms with Gasteiger partial charge in [0.15, 0.2) is 0 Å². The Morgan fingerprint density at radius 3 is 2.61 bits per heavy atom. The molecule has 1 aliphatic rings. The van der Waals surface area contributed by atoms with Crippen molar-refractivity contribution in [2.24, 2.45) is 5.92 Å². The maximum atomic E-state index is 12.3. The number of benzene rings is 1. The first kappa shape index (κ1) is 17.9. The van der Waals surface area contributed by atoms with E-state index in [2.05, 4.69) is 19.2 Å². The minimum Gasteiger partial charge on any atom is -0.352 e. The molecule has 1 aromatic carbocycles. The third kappa shape index (κ3) is 5.57. The molecule has 1 fully saturated rings. The number of carbonyl (C=O) groups is 2. The number of hydrogen-bond donors (Lipinski definition) is 1. The summed E-state index contributed by atoms with van der Waals surface area (Å²) in [7, 11) is 0. The van der Waals surface area contributed by atoms with Crippen LogP contribution >= 0.6 is 11.8 Å². The second-order valence-electron chi connectivity index (χ2n) is 6.31. The SMILES string of the molecule is CC(C)CCNC(=O)c1ccccc1SCC(=O)N1CCCC1. The second-order valence-corrected chi connectivity index (χ2v) is 7.33. The van der Waals surface area contributed by atoms with Crippen LogP contribution in [0, 0.1) is 5.92 Å². The van der Waals surface area contributed by atoms with E-state index in [1.807, 2.05) is 29.2 Å². The zero-order chi connectivity index (χ0) is 16.7. The fourth-order valence-electron chi connectivity index (χ4n) is 2.55. The summed E-state index contributed by atoms with van der Waals surface area (Å²) < 4.78 is 0. The molecule has 4 nitrogen and oxygen atoms in total. The average Bonchev–Trinajstić information content (AvgIpc) is 3.07. The summed E-state index contributed by atoms with van der Waals surface area (Å²) in [6.45, 7) is 6.70. The normalized spacial score (nSPS) is 14.3. The molecule has 1 aromatic rings. The first-order chi connectivity index (χ1) is 11.1. The van der Waals surface area contributed by atoms with Gasteiger partial charge >= 0.3 is 0 Å². The van der Waals surface area contributed by atoms with Crippen molar-refractivity contribution >= 4 is 23.6 Å². The van der Waals surface area contributed by atoms with Crippen molar-refractivity contribution < 1.29 is 9.59 Å². The van der Waals surface area contributed by atoms with Crippen LogP contribution in [0.5, 0.6) is 0 Å². The van der Waals surface area contributed by atoms with Crippen molar-refractivity contribution in [1.82, 2.24) is 10.2 Å². The van der Waals surface area contributed by atoms with Crippen LogP contribution in [0.2, 0.25) is 0 Å². The predicted octanol–water partition coefficient (Wildman–Crippen LogP) is 3.18. The molecule has 126 valence electrons. The number of carbonyl (C=O) groups excluding carboxylic acids is 2. The lowest BCUT2D eigenvalue weighted by atomic mass is 10.1. The van der Waals surface area contributed by atoms with E-state index in [0.29, 0.717) is 23.8 Å². The van der Waals surface area contributed by atoms with Crippen LogP contribution in [-0.4, -0.2) is 42.1 Å². The van der Waals surface area contributed by atoms with Crippen molar-refractivity contribution in [3.05, 3.63) is 29.8 Å². The Morgan fingerprint density at radius 2 is 1.91 bits per heavy atom. The van der Waals surface area contributed by atoms with Crippen molar-refractivity contribution in [3.63, 3.8) is 0 Å². The molecule has 2 rings (SSSR count). The van der Waals surface area contributed by atoms with Crippen LogP contribution in [0.15, 0.2) is 29.2 Å². The first-order valence-corrected chi connectivity index (χ1v) is 9.34. The predicted molar refractivity (Wildman–Crippen MR) is 94.8 cm³/mol. The monoisotopic (exact) mass is 334 g/mol. The van der Waals surface area contributed by atoms with Gasteiger partial charge in [-0.3, -0.25) is 9.59 Å². The molecule has 23 heavy (non-hydrogen) atoms. The molecular weight excluding hydrogens is 308 g/mol. The van der Waals surface area contributed by atoms with Gasteiger partial charge in [-0.15, -0.1) is 11.8 Å². The molecule has 0 spiro atoms. The Labute approximate surface area is 143 Å². The summed E-state index contributed by atoms with van der Waals surface area (Å²) in [5.74, 6) is 1.08. The van der Waals surface area contributed by atoms with Crippen LogP contribution in [0.25, 0.3) is 0 Å². The molecule has 0 aromatic heterocycles. The lowest BCUT2D eigenvalue weighted by Gasteiger charge is -2.15. The lowest BCUT2D eigenvalue weighted by molar-refractivity contribution is -0.127. The molecule has 0 unspecified atom stereocenters. The summed E-state index contributed by atoms with van der Waals surface area (Å²) in [6, 6.07) is 7.52. The number of nitrogens with one attached hydrogen (secondary N) is 1. The number of likely N-dealkylation sites (tertiary alicyclic amines) is 1. The third-order valence-corrected chi connectivity index (χ3v) is 5.01. The Balaban J connectivity index is 1.91. The number of amides is 2. The Kier molecular flexibility index (Phi) is 6.96. The van der Waals surface area contributed by atoms with E-state index in [4.69, 9.17) is 0 Å². The Hall–Kier alpha value is -1.49. The molecule has 5 heteroatoms. The first-order valence-electron chi connectivity index (χ1n) is 8.35. The summed E-state index contributed by atoms with van der Waals surface area (Å²) in [6.07, 6.45) is 3.17. The molecule has 0 radical (unpaired) electrons. The van der Waals surface area contributed by atoms with Gasteiger partial charge in [0.05, 0.1) is 11.3 Å². The van der Waals surface area contributed by atoms with Crippen molar-refractivity contribution in [2.75, 3.05) is 25.4 Å².